The third kappa shape index (κ3) is 1.41. The third-order valence-corrected chi connectivity index (χ3v) is 2.47. The van der Waals surface area contributed by atoms with Crippen LogP contribution in [-0.4, -0.2) is 22.8 Å². The third-order valence-electron chi connectivity index (χ3n) is 2.47. The lowest BCUT2D eigenvalue weighted by molar-refractivity contribution is -0.139. The fourth-order valence-corrected chi connectivity index (χ4v) is 1.40. The molecule has 1 aliphatic rings. The van der Waals surface area contributed by atoms with Gasteiger partial charge in [-0.25, -0.2) is 0 Å². The van der Waals surface area contributed by atoms with Crippen molar-refractivity contribution in [1.82, 2.24) is 4.90 Å². The summed E-state index contributed by atoms with van der Waals surface area (Å²) in [6.45, 7) is 4.97. The van der Waals surface area contributed by atoms with Crippen LogP contribution in [0.5, 0.6) is 0 Å². The topological polar surface area (TPSA) is 61.2 Å². The molecule has 0 aromatic carbocycles. The van der Waals surface area contributed by atoms with E-state index in [0.717, 1.165) is 4.90 Å². The summed E-state index contributed by atoms with van der Waals surface area (Å²) in [7, 11) is 0. The predicted molar refractivity (Wildman–Crippen MR) is 49.9 cm³/mol. The largest absolute Gasteiger partial charge is 0.271 e. The molecule has 2 amide bonds. The lowest BCUT2D eigenvalue weighted by Gasteiger charge is -2.20. The summed E-state index contributed by atoms with van der Waals surface area (Å²) in [6, 6.07) is 1.61. The van der Waals surface area contributed by atoms with Crippen LogP contribution >= 0.6 is 0 Å². The molecule has 4 nitrogen and oxygen atoms in total. The molecule has 14 heavy (non-hydrogen) atoms. The zero-order chi connectivity index (χ0) is 10.9. The molecule has 1 aliphatic heterocycles. The van der Waals surface area contributed by atoms with E-state index in [2.05, 4.69) is 0 Å². The summed E-state index contributed by atoms with van der Waals surface area (Å²) in [4.78, 5) is 24.3. The molecule has 0 radical (unpaired) electrons. The van der Waals surface area contributed by atoms with Crippen molar-refractivity contribution in [1.29, 1.82) is 5.26 Å². The van der Waals surface area contributed by atoms with Crippen molar-refractivity contribution < 1.29 is 9.59 Å². The molecule has 0 saturated carbocycles. The average molecular weight is 192 g/mol. The van der Waals surface area contributed by atoms with Gasteiger partial charge in [-0.2, -0.15) is 5.26 Å². The highest BCUT2D eigenvalue weighted by Crippen LogP contribution is 2.22. The van der Waals surface area contributed by atoms with Crippen LogP contribution in [0.4, 0.5) is 0 Å². The van der Waals surface area contributed by atoms with E-state index in [4.69, 9.17) is 5.26 Å². The Balaban J connectivity index is 2.93. The molecule has 0 fully saturated rings. The van der Waals surface area contributed by atoms with Gasteiger partial charge in [-0.1, -0.05) is 0 Å². The molecule has 0 aromatic rings. The van der Waals surface area contributed by atoms with Gasteiger partial charge in [0.2, 0.25) is 0 Å². The van der Waals surface area contributed by atoms with Crippen LogP contribution in [0.15, 0.2) is 11.1 Å². The van der Waals surface area contributed by atoms with E-state index in [9.17, 15) is 9.59 Å². The predicted octanol–water partition coefficient (Wildman–Crippen LogP) is 0.994. The molecule has 1 unspecified atom stereocenters. The Labute approximate surface area is 82.8 Å². The number of imide groups is 1. The normalized spacial score (nSPS) is 18.9. The first-order valence-electron chi connectivity index (χ1n) is 4.43. The molecule has 1 heterocycles. The molecule has 0 spiro atoms. The van der Waals surface area contributed by atoms with Crippen molar-refractivity contribution in [2.24, 2.45) is 0 Å². The van der Waals surface area contributed by atoms with Gasteiger partial charge in [0.15, 0.2) is 0 Å². The van der Waals surface area contributed by atoms with E-state index in [0.29, 0.717) is 11.1 Å². The second-order valence-electron chi connectivity index (χ2n) is 3.44. The van der Waals surface area contributed by atoms with Gasteiger partial charge in [-0.3, -0.25) is 14.5 Å². The molecule has 1 atom stereocenters. The van der Waals surface area contributed by atoms with Crippen molar-refractivity contribution in [2.45, 2.75) is 33.2 Å². The summed E-state index contributed by atoms with van der Waals surface area (Å²) < 4.78 is 0. The number of nitriles is 1. The van der Waals surface area contributed by atoms with Crippen LogP contribution in [0.3, 0.4) is 0 Å². The Morgan fingerprint density at radius 3 is 2.07 bits per heavy atom. The first-order chi connectivity index (χ1) is 6.50. The monoisotopic (exact) mass is 192 g/mol. The van der Waals surface area contributed by atoms with E-state index < -0.39 is 0 Å². The van der Waals surface area contributed by atoms with Crippen LogP contribution in [0.2, 0.25) is 0 Å². The molecule has 0 saturated heterocycles. The summed E-state index contributed by atoms with van der Waals surface area (Å²) in [5.41, 5.74) is 0.972. The molecule has 0 N–H and O–H groups in total. The first-order valence-corrected chi connectivity index (χ1v) is 4.43. The van der Waals surface area contributed by atoms with Crippen molar-refractivity contribution >= 4 is 11.8 Å². The minimum absolute atomic E-state index is 0.179. The zero-order valence-electron chi connectivity index (χ0n) is 8.50. The summed E-state index contributed by atoms with van der Waals surface area (Å²) in [6.07, 6.45) is 0.179. The molecule has 1 rings (SSSR count). The number of hydrogen-bond acceptors (Lipinski definition) is 3. The van der Waals surface area contributed by atoms with Crippen molar-refractivity contribution in [3.8, 4) is 6.07 Å². The SMILES string of the molecule is CC1=C(C)C(=O)N(C(C)CC#N)C1=O. The molecular formula is C10H12N2O2. The number of carbonyl (C=O) groups excluding carboxylic acids is 2. The lowest BCUT2D eigenvalue weighted by atomic mass is 10.2. The number of amides is 2. The van der Waals surface area contributed by atoms with Crippen LogP contribution in [-0.2, 0) is 9.59 Å². The summed E-state index contributed by atoms with van der Waals surface area (Å²) in [5.74, 6) is -0.537. The molecule has 74 valence electrons. The van der Waals surface area contributed by atoms with E-state index in [-0.39, 0.29) is 24.3 Å². The Morgan fingerprint density at radius 2 is 1.71 bits per heavy atom. The van der Waals surface area contributed by atoms with Gasteiger partial charge in [-0.05, 0) is 20.8 Å². The maximum Gasteiger partial charge on any atom is 0.257 e. The first kappa shape index (κ1) is 10.5. The van der Waals surface area contributed by atoms with Crippen molar-refractivity contribution in [3.63, 3.8) is 0 Å². The second kappa shape index (κ2) is 3.62. The highest BCUT2D eigenvalue weighted by molar-refractivity contribution is 6.18. The van der Waals surface area contributed by atoms with E-state index in [1.54, 1.807) is 20.8 Å². The smallest absolute Gasteiger partial charge is 0.257 e. The number of rotatable bonds is 2. The Morgan fingerprint density at radius 1 is 1.29 bits per heavy atom. The minimum atomic E-state index is -0.340. The summed E-state index contributed by atoms with van der Waals surface area (Å²) >= 11 is 0. The minimum Gasteiger partial charge on any atom is -0.271 e. The van der Waals surface area contributed by atoms with Gasteiger partial charge in [0.25, 0.3) is 11.8 Å². The lowest BCUT2D eigenvalue weighted by Crippen LogP contribution is -2.39. The van der Waals surface area contributed by atoms with Gasteiger partial charge < -0.3 is 0 Å². The fourth-order valence-electron chi connectivity index (χ4n) is 1.40. The molecular weight excluding hydrogens is 180 g/mol. The number of carbonyl (C=O) groups is 2. The Bertz CT molecular complexity index is 339. The van der Waals surface area contributed by atoms with E-state index in [1.807, 2.05) is 6.07 Å². The van der Waals surface area contributed by atoms with Crippen LogP contribution in [0.1, 0.15) is 27.2 Å². The van der Waals surface area contributed by atoms with Crippen LogP contribution in [0.25, 0.3) is 0 Å². The van der Waals surface area contributed by atoms with Gasteiger partial charge >= 0.3 is 0 Å². The van der Waals surface area contributed by atoms with Crippen LogP contribution in [0, 0.1) is 11.3 Å². The van der Waals surface area contributed by atoms with Gasteiger partial charge in [-0.15, -0.1) is 0 Å². The number of hydrogen-bond donors (Lipinski definition) is 0. The second-order valence-corrected chi connectivity index (χ2v) is 3.44. The highest BCUT2D eigenvalue weighted by Gasteiger charge is 2.36. The quantitative estimate of drug-likeness (QED) is 0.613. The van der Waals surface area contributed by atoms with Gasteiger partial charge in [0.05, 0.1) is 18.5 Å². The average Bonchev–Trinajstić information content (AvgIpc) is 2.32. The summed E-state index contributed by atoms with van der Waals surface area (Å²) in [5, 5.41) is 8.49. The number of nitrogens with zero attached hydrogens (tertiary/aromatic N) is 2. The maximum absolute atomic E-state index is 11.6. The molecule has 0 aromatic heterocycles. The highest BCUT2D eigenvalue weighted by atomic mass is 16.2. The molecule has 0 aliphatic carbocycles. The Kier molecular flexibility index (Phi) is 2.70. The van der Waals surface area contributed by atoms with E-state index in [1.165, 1.54) is 0 Å². The van der Waals surface area contributed by atoms with Crippen molar-refractivity contribution in [3.05, 3.63) is 11.1 Å². The zero-order valence-corrected chi connectivity index (χ0v) is 8.50. The van der Waals surface area contributed by atoms with E-state index >= 15 is 0 Å². The van der Waals surface area contributed by atoms with Gasteiger partial charge in [0.1, 0.15) is 0 Å². The van der Waals surface area contributed by atoms with Gasteiger partial charge in [0, 0.05) is 11.1 Å². The molecule has 0 bridgehead atoms. The maximum atomic E-state index is 11.6. The Hall–Kier alpha value is -1.63. The molecule has 4 heteroatoms. The van der Waals surface area contributed by atoms with Crippen molar-refractivity contribution in [2.75, 3.05) is 0 Å². The fraction of sp³-hybridized carbons (Fsp3) is 0.500. The standard InChI is InChI=1S/C10H12N2O2/c1-6(4-5-11)12-9(13)7(2)8(3)10(12)14/h6H,4H2,1-3H3. The van der Waals surface area contributed by atoms with Crippen LogP contribution < -0.4 is 0 Å².